The number of para-hydroxylation sites is 1. The second-order valence-corrected chi connectivity index (χ2v) is 5.83. The Morgan fingerprint density at radius 1 is 1.59 bits per heavy atom. The minimum atomic E-state index is -0.370. The van der Waals surface area contributed by atoms with Crippen LogP contribution in [0, 0.1) is 22.7 Å². The number of anilines is 2. The average Bonchev–Trinajstić information content (AvgIpc) is 2.47. The molecule has 6 nitrogen and oxygen atoms in total. The van der Waals surface area contributed by atoms with E-state index in [1.54, 1.807) is 6.07 Å². The number of halogens is 1. The van der Waals surface area contributed by atoms with Gasteiger partial charge in [-0.25, -0.2) is 0 Å². The SMILES string of the molecule is CC1CCCN(c2c(Cl)cccc2N/N=C(\C#N)C(=N)N)C1. The smallest absolute Gasteiger partial charge is 0.201 e. The summed E-state index contributed by atoms with van der Waals surface area (Å²) in [6, 6.07) is 7.28. The highest BCUT2D eigenvalue weighted by Gasteiger charge is 2.21. The standard InChI is InChI=1S/C15H19ClN6/c1-10-4-3-7-22(9-10)14-11(16)5-2-6-12(14)20-21-13(8-17)15(18)19/h2,5-6,10,20H,3-4,7,9H2,1H3,(H3,18,19)/b21-13+. The fourth-order valence-corrected chi connectivity index (χ4v) is 2.88. The number of nitriles is 1. The Hall–Kier alpha value is -2.26. The van der Waals surface area contributed by atoms with Crippen molar-refractivity contribution in [2.75, 3.05) is 23.4 Å². The molecule has 1 aromatic carbocycles. The summed E-state index contributed by atoms with van der Waals surface area (Å²) >= 11 is 6.36. The molecule has 1 heterocycles. The van der Waals surface area contributed by atoms with Crippen LogP contribution in [0.5, 0.6) is 0 Å². The van der Waals surface area contributed by atoms with Gasteiger partial charge in [0.25, 0.3) is 0 Å². The first-order chi connectivity index (χ1) is 10.5. The Balaban J connectivity index is 2.31. The van der Waals surface area contributed by atoms with Crippen LogP contribution >= 0.6 is 11.6 Å². The normalized spacial score (nSPS) is 18.7. The number of piperidine rings is 1. The van der Waals surface area contributed by atoms with Gasteiger partial charge in [-0.05, 0) is 30.9 Å². The number of benzene rings is 1. The average molecular weight is 319 g/mol. The molecule has 1 fully saturated rings. The van der Waals surface area contributed by atoms with Crippen LogP contribution < -0.4 is 16.1 Å². The van der Waals surface area contributed by atoms with Crippen LogP contribution in [-0.2, 0) is 0 Å². The fraction of sp³-hybridized carbons (Fsp3) is 0.400. The van der Waals surface area contributed by atoms with Gasteiger partial charge in [0.15, 0.2) is 5.84 Å². The molecular formula is C15H19ClN6. The number of hydrazone groups is 1. The Morgan fingerprint density at radius 3 is 3.00 bits per heavy atom. The predicted molar refractivity (Wildman–Crippen MR) is 90.6 cm³/mol. The van der Waals surface area contributed by atoms with E-state index < -0.39 is 0 Å². The minimum absolute atomic E-state index is 0.155. The van der Waals surface area contributed by atoms with Crippen molar-refractivity contribution in [3.63, 3.8) is 0 Å². The first kappa shape index (κ1) is 16.1. The van der Waals surface area contributed by atoms with Crippen LogP contribution in [0.3, 0.4) is 0 Å². The Kier molecular flexibility index (Phi) is 5.23. The molecule has 22 heavy (non-hydrogen) atoms. The number of nitrogens with one attached hydrogen (secondary N) is 2. The topological polar surface area (TPSA) is 101 Å². The van der Waals surface area contributed by atoms with Crippen LogP contribution in [0.2, 0.25) is 5.02 Å². The third kappa shape index (κ3) is 3.68. The molecule has 1 aliphatic rings. The van der Waals surface area contributed by atoms with Crippen molar-refractivity contribution in [2.24, 2.45) is 16.8 Å². The number of rotatable bonds is 4. The molecule has 0 aliphatic carbocycles. The van der Waals surface area contributed by atoms with E-state index in [9.17, 15) is 0 Å². The number of hydrogen-bond acceptors (Lipinski definition) is 5. The van der Waals surface area contributed by atoms with Crippen molar-refractivity contribution >= 4 is 34.5 Å². The molecule has 0 saturated carbocycles. The molecule has 1 saturated heterocycles. The van der Waals surface area contributed by atoms with E-state index in [0.717, 1.165) is 25.2 Å². The van der Waals surface area contributed by atoms with Crippen molar-refractivity contribution in [1.29, 1.82) is 10.7 Å². The molecular weight excluding hydrogens is 300 g/mol. The maximum Gasteiger partial charge on any atom is 0.201 e. The molecule has 1 unspecified atom stereocenters. The first-order valence-corrected chi connectivity index (χ1v) is 7.52. The molecule has 0 bridgehead atoms. The molecule has 0 radical (unpaired) electrons. The summed E-state index contributed by atoms with van der Waals surface area (Å²) in [5.74, 6) is 0.235. The lowest BCUT2D eigenvalue weighted by atomic mass is 9.99. The second-order valence-electron chi connectivity index (χ2n) is 5.43. The van der Waals surface area contributed by atoms with E-state index in [1.165, 1.54) is 6.42 Å². The van der Waals surface area contributed by atoms with Gasteiger partial charge in [-0.2, -0.15) is 10.4 Å². The number of amidine groups is 1. The van der Waals surface area contributed by atoms with Crippen LogP contribution in [0.4, 0.5) is 11.4 Å². The third-order valence-corrected chi connectivity index (χ3v) is 3.91. The first-order valence-electron chi connectivity index (χ1n) is 7.14. The molecule has 4 N–H and O–H groups in total. The Bertz CT molecular complexity index is 633. The van der Waals surface area contributed by atoms with Crippen molar-refractivity contribution in [3.05, 3.63) is 23.2 Å². The number of hydrogen-bond donors (Lipinski definition) is 3. The van der Waals surface area contributed by atoms with E-state index in [4.69, 9.17) is 28.0 Å². The largest absolute Gasteiger partial charge is 0.382 e. The van der Waals surface area contributed by atoms with Gasteiger partial charge in [0.1, 0.15) is 6.07 Å². The van der Waals surface area contributed by atoms with Crippen molar-refractivity contribution in [1.82, 2.24) is 0 Å². The Morgan fingerprint density at radius 2 is 2.36 bits per heavy atom. The molecule has 1 aromatic rings. The Labute approximate surface area is 135 Å². The highest BCUT2D eigenvalue weighted by Crippen LogP contribution is 2.36. The van der Waals surface area contributed by atoms with Gasteiger partial charge >= 0.3 is 0 Å². The van der Waals surface area contributed by atoms with E-state index in [1.807, 2.05) is 18.2 Å². The highest BCUT2D eigenvalue weighted by atomic mass is 35.5. The summed E-state index contributed by atoms with van der Waals surface area (Å²) in [5.41, 5.74) is 9.54. The summed E-state index contributed by atoms with van der Waals surface area (Å²) in [4.78, 5) is 2.23. The second kappa shape index (κ2) is 7.14. The van der Waals surface area contributed by atoms with Crippen LogP contribution in [-0.4, -0.2) is 24.6 Å². The lowest BCUT2D eigenvalue weighted by Gasteiger charge is -2.34. The zero-order valence-electron chi connectivity index (χ0n) is 12.4. The fourth-order valence-electron chi connectivity index (χ4n) is 2.58. The summed E-state index contributed by atoms with van der Waals surface area (Å²) in [7, 11) is 0. The van der Waals surface area contributed by atoms with Gasteiger partial charge in [-0.3, -0.25) is 10.8 Å². The van der Waals surface area contributed by atoms with Gasteiger partial charge in [0, 0.05) is 13.1 Å². The lowest BCUT2D eigenvalue weighted by Crippen LogP contribution is -2.34. The number of nitrogens with two attached hydrogens (primary N) is 1. The quantitative estimate of drug-likeness (QED) is 0.451. The summed E-state index contributed by atoms with van der Waals surface area (Å²) < 4.78 is 0. The van der Waals surface area contributed by atoms with Gasteiger partial charge in [0.2, 0.25) is 5.71 Å². The maximum absolute atomic E-state index is 8.90. The van der Waals surface area contributed by atoms with Crippen LogP contribution in [0.25, 0.3) is 0 Å². The molecule has 1 aliphatic heterocycles. The van der Waals surface area contributed by atoms with E-state index in [0.29, 0.717) is 16.6 Å². The zero-order valence-corrected chi connectivity index (χ0v) is 13.2. The van der Waals surface area contributed by atoms with Gasteiger partial charge in [-0.1, -0.05) is 24.6 Å². The lowest BCUT2D eigenvalue weighted by molar-refractivity contribution is 0.447. The maximum atomic E-state index is 8.90. The van der Waals surface area contributed by atoms with Crippen molar-refractivity contribution in [2.45, 2.75) is 19.8 Å². The van der Waals surface area contributed by atoms with Gasteiger partial charge in [-0.15, -0.1) is 0 Å². The summed E-state index contributed by atoms with van der Waals surface area (Å²) in [5, 5.41) is 20.7. The van der Waals surface area contributed by atoms with E-state index >= 15 is 0 Å². The molecule has 7 heteroatoms. The minimum Gasteiger partial charge on any atom is -0.382 e. The highest BCUT2D eigenvalue weighted by molar-refractivity contribution is 6.45. The van der Waals surface area contributed by atoms with Gasteiger partial charge in [0.05, 0.1) is 16.4 Å². The van der Waals surface area contributed by atoms with Crippen molar-refractivity contribution < 1.29 is 0 Å². The predicted octanol–water partition coefficient (Wildman–Crippen LogP) is 2.80. The van der Waals surface area contributed by atoms with E-state index in [-0.39, 0.29) is 11.5 Å². The number of nitrogens with zero attached hydrogens (tertiary/aromatic N) is 3. The summed E-state index contributed by atoms with van der Waals surface area (Å²) in [6.45, 7) is 4.09. The zero-order chi connectivity index (χ0) is 16.1. The molecule has 0 aromatic heterocycles. The molecule has 2 rings (SSSR count). The summed E-state index contributed by atoms with van der Waals surface area (Å²) in [6.07, 6.45) is 2.33. The monoisotopic (exact) mass is 318 g/mol. The van der Waals surface area contributed by atoms with Crippen molar-refractivity contribution in [3.8, 4) is 6.07 Å². The molecule has 0 amide bonds. The molecule has 1 atom stereocenters. The van der Waals surface area contributed by atoms with Crippen LogP contribution in [0.15, 0.2) is 23.3 Å². The van der Waals surface area contributed by atoms with Crippen LogP contribution in [0.1, 0.15) is 19.8 Å². The van der Waals surface area contributed by atoms with E-state index in [2.05, 4.69) is 22.4 Å². The molecule has 116 valence electrons. The van der Waals surface area contributed by atoms with Gasteiger partial charge < -0.3 is 10.6 Å². The third-order valence-electron chi connectivity index (χ3n) is 3.61. The molecule has 0 spiro atoms.